The van der Waals surface area contributed by atoms with E-state index < -0.39 is 11.8 Å². The van der Waals surface area contributed by atoms with Crippen LogP contribution in [0.4, 0.5) is 8.78 Å². The summed E-state index contributed by atoms with van der Waals surface area (Å²) < 4.78 is 25.2. The number of carbonyl (C=O) groups is 1. The summed E-state index contributed by atoms with van der Waals surface area (Å²) in [5.74, 6) is -0.251. The van der Waals surface area contributed by atoms with Gasteiger partial charge in [0.25, 0.3) is 6.43 Å². The number of carbonyl (C=O) groups excluding carboxylic acids is 1. The van der Waals surface area contributed by atoms with Crippen molar-refractivity contribution in [3.05, 3.63) is 35.4 Å². The Kier molecular flexibility index (Phi) is 3.22. The Morgan fingerprint density at radius 2 is 1.73 bits per heavy atom. The van der Waals surface area contributed by atoms with E-state index in [1.165, 1.54) is 18.2 Å². The maximum Gasteiger partial charge on any atom is 0.264 e. The lowest BCUT2D eigenvalue weighted by atomic mass is 9.85. The molecular weight excluding hydrogens is 198 g/mol. The summed E-state index contributed by atoms with van der Waals surface area (Å²) in [6, 6.07) is 5.87. The molecule has 0 heterocycles. The third-order valence-electron chi connectivity index (χ3n) is 2.12. The largest absolute Gasteiger partial charge is 0.294 e. The summed E-state index contributed by atoms with van der Waals surface area (Å²) in [5.41, 5.74) is -0.692. The van der Waals surface area contributed by atoms with Crippen molar-refractivity contribution in [2.45, 2.75) is 27.2 Å². The fourth-order valence-electron chi connectivity index (χ4n) is 1.30. The predicted molar refractivity (Wildman–Crippen MR) is 55.2 cm³/mol. The number of ketones is 1. The first-order valence-electron chi connectivity index (χ1n) is 4.76. The number of Topliss-reactive ketones (excluding diaryl/α,β-unsaturated/α-hetero) is 1. The van der Waals surface area contributed by atoms with E-state index in [0.717, 1.165) is 0 Å². The smallest absolute Gasteiger partial charge is 0.264 e. The number of hydrogen-bond donors (Lipinski definition) is 0. The standard InChI is InChI=1S/C12H14F2O/c1-12(2,3)10(15)8-6-4-5-7-9(8)11(13)14/h4-7,11H,1-3H3. The molecule has 0 spiro atoms. The maximum atomic E-state index is 12.6. The molecule has 0 bridgehead atoms. The Labute approximate surface area is 88.1 Å². The van der Waals surface area contributed by atoms with Gasteiger partial charge in [-0.1, -0.05) is 45.0 Å². The number of benzene rings is 1. The molecule has 0 aliphatic heterocycles. The highest BCUT2D eigenvalue weighted by Gasteiger charge is 2.26. The molecule has 0 radical (unpaired) electrons. The van der Waals surface area contributed by atoms with Gasteiger partial charge in [-0.3, -0.25) is 4.79 Å². The summed E-state index contributed by atoms with van der Waals surface area (Å²) in [6.45, 7) is 5.16. The van der Waals surface area contributed by atoms with Crippen LogP contribution in [0.25, 0.3) is 0 Å². The average Bonchev–Trinajstić information content (AvgIpc) is 2.15. The normalized spacial score (nSPS) is 11.9. The lowest BCUT2D eigenvalue weighted by Gasteiger charge is -2.18. The van der Waals surface area contributed by atoms with E-state index in [4.69, 9.17) is 0 Å². The maximum absolute atomic E-state index is 12.6. The zero-order valence-electron chi connectivity index (χ0n) is 9.05. The van der Waals surface area contributed by atoms with Crippen LogP contribution in [0.3, 0.4) is 0 Å². The number of hydrogen-bond acceptors (Lipinski definition) is 1. The molecule has 82 valence electrons. The van der Waals surface area contributed by atoms with Gasteiger partial charge in [0.1, 0.15) is 0 Å². The van der Waals surface area contributed by atoms with Crippen molar-refractivity contribution >= 4 is 5.78 Å². The van der Waals surface area contributed by atoms with Crippen LogP contribution in [0.15, 0.2) is 24.3 Å². The Balaban J connectivity index is 3.20. The van der Waals surface area contributed by atoms with Crippen molar-refractivity contribution in [1.82, 2.24) is 0 Å². The number of rotatable bonds is 2. The van der Waals surface area contributed by atoms with Crippen LogP contribution in [-0.4, -0.2) is 5.78 Å². The molecule has 1 nitrogen and oxygen atoms in total. The average molecular weight is 212 g/mol. The molecule has 0 N–H and O–H groups in total. The highest BCUT2D eigenvalue weighted by atomic mass is 19.3. The van der Waals surface area contributed by atoms with Gasteiger partial charge < -0.3 is 0 Å². The molecule has 0 amide bonds. The first-order chi connectivity index (χ1) is 6.84. The van der Waals surface area contributed by atoms with E-state index in [9.17, 15) is 13.6 Å². The van der Waals surface area contributed by atoms with E-state index in [2.05, 4.69) is 0 Å². The molecule has 0 saturated heterocycles. The van der Waals surface area contributed by atoms with Crippen molar-refractivity contribution in [3.8, 4) is 0 Å². The second-order valence-electron chi connectivity index (χ2n) is 4.47. The predicted octanol–water partition coefficient (Wildman–Crippen LogP) is 3.85. The van der Waals surface area contributed by atoms with E-state index in [-0.39, 0.29) is 16.9 Å². The highest BCUT2D eigenvalue weighted by molar-refractivity contribution is 6.01. The molecular formula is C12H14F2O. The first kappa shape index (κ1) is 11.8. The molecule has 0 aromatic heterocycles. The van der Waals surface area contributed by atoms with Crippen molar-refractivity contribution in [1.29, 1.82) is 0 Å². The van der Waals surface area contributed by atoms with Gasteiger partial charge in [0, 0.05) is 16.5 Å². The fraction of sp³-hybridized carbons (Fsp3) is 0.417. The third-order valence-corrected chi connectivity index (χ3v) is 2.12. The number of halogens is 2. The minimum absolute atomic E-state index is 0.125. The monoisotopic (exact) mass is 212 g/mol. The molecule has 1 aromatic carbocycles. The molecule has 0 unspecified atom stereocenters. The Hall–Kier alpha value is -1.25. The molecule has 0 aliphatic rings. The van der Waals surface area contributed by atoms with Gasteiger partial charge in [0.2, 0.25) is 0 Å². The van der Waals surface area contributed by atoms with E-state index in [1.54, 1.807) is 26.8 Å². The lowest BCUT2D eigenvalue weighted by molar-refractivity contribution is 0.0846. The summed E-state index contributed by atoms with van der Waals surface area (Å²) in [7, 11) is 0. The van der Waals surface area contributed by atoms with E-state index >= 15 is 0 Å². The molecule has 0 atom stereocenters. The van der Waals surface area contributed by atoms with E-state index in [1.807, 2.05) is 0 Å². The molecule has 1 aromatic rings. The van der Waals surface area contributed by atoms with Gasteiger partial charge in [-0.25, -0.2) is 8.78 Å². The lowest BCUT2D eigenvalue weighted by Crippen LogP contribution is -2.21. The molecule has 3 heteroatoms. The van der Waals surface area contributed by atoms with Crippen LogP contribution in [0.5, 0.6) is 0 Å². The third kappa shape index (κ3) is 2.61. The van der Waals surface area contributed by atoms with Gasteiger partial charge in [-0.2, -0.15) is 0 Å². The summed E-state index contributed by atoms with van der Waals surface area (Å²) in [4.78, 5) is 11.9. The van der Waals surface area contributed by atoms with Crippen molar-refractivity contribution in [3.63, 3.8) is 0 Å². The summed E-state index contributed by atoms with van der Waals surface area (Å²) in [5, 5.41) is 0. The zero-order valence-corrected chi connectivity index (χ0v) is 9.05. The van der Waals surface area contributed by atoms with Crippen LogP contribution in [-0.2, 0) is 0 Å². The van der Waals surface area contributed by atoms with Gasteiger partial charge >= 0.3 is 0 Å². The summed E-state index contributed by atoms with van der Waals surface area (Å²) >= 11 is 0. The molecule has 0 fully saturated rings. The van der Waals surface area contributed by atoms with Gasteiger partial charge in [0.05, 0.1) is 0 Å². The highest BCUT2D eigenvalue weighted by Crippen LogP contribution is 2.28. The van der Waals surface area contributed by atoms with Crippen LogP contribution in [0, 0.1) is 5.41 Å². The Morgan fingerprint density at radius 3 is 2.20 bits per heavy atom. The van der Waals surface area contributed by atoms with Crippen molar-refractivity contribution in [2.24, 2.45) is 5.41 Å². The van der Waals surface area contributed by atoms with Crippen molar-refractivity contribution in [2.75, 3.05) is 0 Å². The minimum atomic E-state index is -2.60. The fourth-order valence-corrected chi connectivity index (χ4v) is 1.30. The van der Waals surface area contributed by atoms with Crippen LogP contribution < -0.4 is 0 Å². The van der Waals surface area contributed by atoms with Gasteiger partial charge in [-0.15, -0.1) is 0 Å². The van der Waals surface area contributed by atoms with Gasteiger partial charge in [-0.05, 0) is 0 Å². The molecule has 15 heavy (non-hydrogen) atoms. The second kappa shape index (κ2) is 4.09. The van der Waals surface area contributed by atoms with Crippen molar-refractivity contribution < 1.29 is 13.6 Å². The Bertz CT molecular complexity index is 364. The molecule has 0 aliphatic carbocycles. The summed E-state index contributed by atoms with van der Waals surface area (Å²) in [6.07, 6.45) is -2.60. The van der Waals surface area contributed by atoms with Gasteiger partial charge in [0.15, 0.2) is 5.78 Å². The second-order valence-corrected chi connectivity index (χ2v) is 4.47. The first-order valence-corrected chi connectivity index (χ1v) is 4.76. The number of alkyl halides is 2. The quantitative estimate of drug-likeness (QED) is 0.680. The van der Waals surface area contributed by atoms with Crippen LogP contribution >= 0.6 is 0 Å². The van der Waals surface area contributed by atoms with Crippen LogP contribution in [0.1, 0.15) is 43.1 Å². The Morgan fingerprint density at radius 1 is 1.20 bits per heavy atom. The minimum Gasteiger partial charge on any atom is -0.294 e. The molecule has 1 rings (SSSR count). The topological polar surface area (TPSA) is 17.1 Å². The van der Waals surface area contributed by atoms with E-state index in [0.29, 0.717) is 0 Å². The van der Waals surface area contributed by atoms with Crippen LogP contribution in [0.2, 0.25) is 0 Å². The molecule has 0 saturated carbocycles. The zero-order chi connectivity index (χ0) is 11.6. The SMILES string of the molecule is CC(C)(C)C(=O)c1ccccc1C(F)F.